The second-order valence-electron chi connectivity index (χ2n) is 22.4. The Morgan fingerprint density at radius 1 is 0.732 bits per heavy atom. The van der Waals surface area contributed by atoms with Crippen molar-refractivity contribution in [3.05, 3.63) is 0 Å². The quantitative estimate of drug-likeness (QED) is 0.0557. The number of esters is 1. The highest BCUT2D eigenvalue weighted by molar-refractivity contribution is 5.83. The number of nitrogens with one attached hydrogen (secondary N) is 1. The summed E-state index contributed by atoms with van der Waals surface area (Å²) in [5, 5.41) is 78.8. The van der Waals surface area contributed by atoms with Gasteiger partial charge < -0.3 is 73.9 Å². The first-order valence-corrected chi connectivity index (χ1v) is 27.3. The molecule has 0 radical (unpaired) electrons. The molecule has 3 saturated heterocycles. The Labute approximate surface area is 427 Å². The number of quaternary nitrogens is 1. The van der Waals surface area contributed by atoms with Gasteiger partial charge in [0.25, 0.3) is 0 Å². The summed E-state index contributed by atoms with van der Waals surface area (Å²) in [5.41, 5.74) is -5.20. The average molecular weight is 1020 g/mol. The number of unbranched alkanes of at least 4 members (excludes halogenated alkanes) is 14. The van der Waals surface area contributed by atoms with Gasteiger partial charge in [-0.05, 0) is 60.3 Å². The van der Waals surface area contributed by atoms with E-state index in [4.69, 9.17) is 28.4 Å². The van der Waals surface area contributed by atoms with Crippen LogP contribution in [0.5, 0.6) is 0 Å². The second-order valence-corrected chi connectivity index (χ2v) is 22.4. The first-order chi connectivity index (χ1) is 33.2. The van der Waals surface area contributed by atoms with Gasteiger partial charge in [-0.25, -0.2) is 0 Å². The van der Waals surface area contributed by atoms with E-state index in [0.29, 0.717) is 6.42 Å². The number of hydrogen-bond donors (Lipinski definition) is 7. The van der Waals surface area contributed by atoms with Crippen molar-refractivity contribution in [2.75, 3.05) is 21.2 Å². The lowest BCUT2D eigenvalue weighted by atomic mass is 9.74. The third-order valence-corrected chi connectivity index (χ3v) is 15.6. The Kier molecular flexibility index (Phi) is 28.7. The molecule has 0 aromatic rings. The molecule has 0 bridgehead atoms. The van der Waals surface area contributed by atoms with E-state index in [9.17, 15) is 50.1 Å². The summed E-state index contributed by atoms with van der Waals surface area (Å²) in [5.74, 6) is -6.34. The predicted molar refractivity (Wildman–Crippen MR) is 266 cm³/mol. The van der Waals surface area contributed by atoms with Crippen LogP contribution in [0.4, 0.5) is 0 Å². The maximum Gasteiger partial charge on any atom is 0.311 e. The number of rotatable bonds is 23. The Morgan fingerprint density at radius 2 is 1.25 bits per heavy atom. The number of Topliss-reactive ketones (excluding diaryl/α,β-unsaturated/α-hetero) is 1. The van der Waals surface area contributed by atoms with Crippen molar-refractivity contribution in [1.29, 1.82) is 0 Å². The summed E-state index contributed by atoms with van der Waals surface area (Å²) in [4.78, 5) is 39.0. The molecule has 418 valence electrons. The van der Waals surface area contributed by atoms with E-state index >= 15 is 0 Å². The molecule has 0 amide bonds. The van der Waals surface area contributed by atoms with Gasteiger partial charge in [-0.1, -0.05) is 125 Å². The van der Waals surface area contributed by atoms with Crippen LogP contribution in [0.25, 0.3) is 0 Å². The van der Waals surface area contributed by atoms with E-state index in [1.54, 1.807) is 27.7 Å². The molecule has 3 rings (SSSR count). The van der Waals surface area contributed by atoms with Crippen LogP contribution in [-0.2, 0) is 42.8 Å². The lowest BCUT2D eigenvalue weighted by Gasteiger charge is -2.48. The summed E-state index contributed by atoms with van der Waals surface area (Å²) in [6, 6.07) is -0.279. The molecular weight excluding hydrogens is 919 g/mol. The zero-order valence-corrected chi connectivity index (χ0v) is 46.1. The fraction of sp³-hybridized carbons (Fsp3) is 0.944. The number of ether oxygens (including phenoxy) is 6. The monoisotopic (exact) mass is 1020 g/mol. The van der Waals surface area contributed by atoms with E-state index in [2.05, 4.69) is 6.92 Å². The Morgan fingerprint density at radius 3 is 1.73 bits per heavy atom. The summed E-state index contributed by atoms with van der Waals surface area (Å²) >= 11 is 0. The van der Waals surface area contributed by atoms with Gasteiger partial charge in [-0.15, -0.1) is 0 Å². The first-order valence-electron chi connectivity index (χ1n) is 27.3. The number of hydrogen-bond acceptors (Lipinski definition) is 16. The predicted octanol–water partition coefficient (Wildman–Crippen LogP) is 4.30. The maximum absolute atomic E-state index is 14.0. The van der Waals surface area contributed by atoms with Gasteiger partial charge in [-0.3, -0.25) is 9.59 Å². The largest absolute Gasteiger partial charge is 0.550 e. The lowest BCUT2D eigenvalue weighted by Crippen LogP contribution is -3.12. The third-order valence-electron chi connectivity index (χ3n) is 15.6. The molecule has 71 heavy (non-hydrogen) atoms. The number of carbonyl (C=O) groups excluding carboxylic acids is 3. The van der Waals surface area contributed by atoms with Crippen molar-refractivity contribution in [1.82, 2.24) is 0 Å². The molecule has 18 atom stereocenters. The molecule has 3 aliphatic rings. The normalized spacial score (nSPS) is 38.8. The minimum atomic E-state index is -2.04. The summed E-state index contributed by atoms with van der Waals surface area (Å²) in [7, 11) is 5.18. The van der Waals surface area contributed by atoms with Crippen molar-refractivity contribution >= 4 is 17.7 Å². The van der Waals surface area contributed by atoms with E-state index in [-0.39, 0.29) is 37.8 Å². The highest BCUT2D eigenvalue weighted by Crippen LogP contribution is 2.40. The molecule has 0 aromatic carbocycles. The van der Waals surface area contributed by atoms with Gasteiger partial charge in [0, 0.05) is 43.7 Å². The fourth-order valence-electron chi connectivity index (χ4n) is 10.9. The fourth-order valence-corrected chi connectivity index (χ4v) is 10.9. The number of aliphatic hydroxyl groups is 6. The molecule has 3 aliphatic heterocycles. The van der Waals surface area contributed by atoms with Crippen molar-refractivity contribution in [3.63, 3.8) is 0 Å². The van der Waals surface area contributed by atoms with Crippen LogP contribution < -0.4 is 10.0 Å². The van der Waals surface area contributed by atoms with Gasteiger partial charge in [-0.2, -0.15) is 0 Å². The first kappa shape index (κ1) is 65.2. The SMILES string of the molecule is CCCCCCCCCCCCCCCCCC(=O)[O-].CC[C@H]1OC(=O)[C@H](C)[C@@H](OC2OC(O)CC(C)(OC)C2O)[C@H](C)[C@@H](OC2OC(C)CC([NH+](C)C)C2O)[C@](C)(O)C[C@@H](C)C(=O)[C@H](C)C(O)[C@]1(C)O. The maximum atomic E-state index is 14.0. The molecule has 0 spiro atoms. The summed E-state index contributed by atoms with van der Waals surface area (Å²) < 4.78 is 36.1. The minimum absolute atomic E-state index is 0.0765. The number of ketones is 1. The van der Waals surface area contributed by atoms with Crippen LogP contribution in [-0.4, -0.2) is 154 Å². The molecule has 9 unspecified atom stereocenters. The molecule has 7 N–H and O–H groups in total. The second kappa shape index (κ2) is 31.2. The number of aliphatic carboxylic acids is 1. The van der Waals surface area contributed by atoms with Crippen molar-refractivity contribution in [3.8, 4) is 0 Å². The van der Waals surface area contributed by atoms with Gasteiger partial charge in [0.2, 0.25) is 0 Å². The third kappa shape index (κ3) is 20.0. The number of carboxylic acids is 1. The van der Waals surface area contributed by atoms with Gasteiger partial charge in [0.05, 0.1) is 50.0 Å². The van der Waals surface area contributed by atoms with Crippen molar-refractivity contribution in [2.24, 2.45) is 23.7 Å². The Hall–Kier alpha value is -1.87. The highest BCUT2D eigenvalue weighted by Gasteiger charge is 2.54. The van der Waals surface area contributed by atoms with Gasteiger partial charge >= 0.3 is 5.97 Å². The molecule has 0 saturated carbocycles. The molecule has 0 aromatic heterocycles. The van der Waals surface area contributed by atoms with Gasteiger partial charge in [0.1, 0.15) is 35.2 Å². The van der Waals surface area contributed by atoms with Crippen LogP contribution in [0.2, 0.25) is 0 Å². The van der Waals surface area contributed by atoms with E-state index in [0.717, 1.165) is 17.7 Å². The number of aliphatic hydroxyl groups excluding tert-OH is 4. The molecule has 17 nitrogen and oxygen atoms in total. The zero-order valence-electron chi connectivity index (χ0n) is 46.1. The van der Waals surface area contributed by atoms with Crippen LogP contribution >= 0.6 is 0 Å². The number of methoxy groups -OCH3 is 1. The smallest absolute Gasteiger partial charge is 0.311 e. The van der Waals surface area contributed by atoms with Crippen LogP contribution in [0.1, 0.15) is 198 Å². The standard InChI is InChI=1S/C36H65NO14.C18H36O2/c1-13-23-36(9,45)28(41)19(4)25(39)17(2)15-34(7,44)30(51-32-26(40)22(37(10)11)14-18(3)47-32)20(5)27(21(6)31(43)48-23)50-33-29(42)35(8,46-12)16-24(38)49-33;1-2-3-4-5-6-7-8-9-10-11-12-13-14-15-16-17-18(19)20/h17-24,26-30,32-33,38,40-42,44-45H,13-16H2,1-12H3;2-17H2,1H3,(H,19,20)/t17-,18?,19+,20+,21-,22?,23-,24?,26?,27+,28?,29?,30-,32?,33?,34-,35?,36-;/m1./s1. The lowest BCUT2D eigenvalue weighted by molar-refractivity contribution is -0.893. The minimum Gasteiger partial charge on any atom is -0.550 e. The number of likely N-dealkylation sites (N-methyl/N-ethyl adjacent to an activating group) is 1. The van der Waals surface area contributed by atoms with Crippen molar-refractivity contribution < 1.29 is 83.5 Å². The highest BCUT2D eigenvalue weighted by atomic mass is 16.7. The van der Waals surface area contributed by atoms with Crippen molar-refractivity contribution in [2.45, 2.75) is 282 Å². The zero-order chi connectivity index (χ0) is 53.9. The number of carboxylic acid groups (broad SMARTS) is 1. The molecule has 0 aliphatic carbocycles. The van der Waals surface area contributed by atoms with Gasteiger partial charge in [0.15, 0.2) is 25.0 Å². The number of carbonyl (C=O) groups is 3. The van der Waals surface area contributed by atoms with E-state index < -0.39 is 114 Å². The van der Waals surface area contributed by atoms with Crippen LogP contribution in [0.15, 0.2) is 0 Å². The van der Waals surface area contributed by atoms with E-state index in [1.165, 1.54) is 118 Å². The summed E-state index contributed by atoms with van der Waals surface area (Å²) in [6.07, 6.45) is 7.74. The summed E-state index contributed by atoms with van der Waals surface area (Å²) in [6.45, 7) is 16.4. The van der Waals surface area contributed by atoms with Crippen LogP contribution in [0, 0.1) is 23.7 Å². The Bertz CT molecular complexity index is 1530. The Balaban J connectivity index is 0.000000725. The number of cyclic esters (lactones) is 1. The molecule has 3 heterocycles. The van der Waals surface area contributed by atoms with Crippen LogP contribution in [0.3, 0.4) is 0 Å². The topological polar surface area (TPSA) is 255 Å². The van der Waals surface area contributed by atoms with E-state index in [1.807, 2.05) is 21.0 Å². The molecule has 3 fully saturated rings. The molecule has 17 heteroatoms. The average Bonchev–Trinajstić information content (AvgIpc) is 3.30. The molecular formula is C54H101NO16.